The highest BCUT2D eigenvalue weighted by atomic mass is 16.5. The number of ether oxygens (including phenoxy) is 2. The largest absolute Gasteiger partial charge is 0.506 e. The standard InChI is InChI=1S/C16H15N3O3/c1-21-14-7-10-9-17-16(19-12(10)8-15(14)22-2)18-11-5-3-4-6-13(11)20/h3-9,20H,1-2H3,(H,17,18,19). The van der Waals surface area contributed by atoms with E-state index in [-0.39, 0.29) is 5.75 Å². The Labute approximate surface area is 127 Å². The second kappa shape index (κ2) is 5.77. The molecule has 0 aliphatic heterocycles. The number of benzene rings is 2. The second-order valence-corrected chi connectivity index (χ2v) is 4.60. The molecule has 112 valence electrons. The van der Waals surface area contributed by atoms with E-state index in [9.17, 15) is 5.11 Å². The van der Waals surface area contributed by atoms with Gasteiger partial charge < -0.3 is 19.9 Å². The van der Waals surface area contributed by atoms with Crippen molar-refractivity contribution in [1.82, 2.24) is 9.97 Å². The zero-order chi connectivity index (χ0) is 15.5. The number of aromatic nitrogens is 2. The molecule has 0 saturated carbocycles. The molecular weight excluding hydrogens is 282 g/mol. The highest BCUT2D eigenvalue weighted by Crippen LogP contribution is 2.32. The first-order valence-electron chi connectivity index (χ1n) is 6.65. The summed E-state index contributed by atoms with van der Waals surface area (Å²) in [5, 5.41) is 13.6. The molecule has 0 radical (unpaired) electrons. The predicted molar refractivity (Wildman–Crippen MR) is 84.0 cm³/mol. The summed E-state index contributed by atoms with van der Waals surface area (Å²) in [6.45, 7) is 0. The monoisotopic (exact) mass is 297 g/mol. The zero-order valence-electron chi connectivity index (χ0n) is 12.2. The maximum absolute atomic E-state index is 9.78. The highest BCUT2D eigenvalue weighted by Gasteiger charge is 2.09. The topological polar surface area (TPSA) is 76.5 Å². The van der Waals surface area contributed by atoms with Crippen molar-refractivity contribution in [2.75, 3.05) is 19.5 Å². The van der Waals surface area contributed by atoms with E-state index in [4.69, 9.17) is 9.47 Å². The third-order valence-electron chi connectivity index (χ3n) is 3.24. The van der Waals surface area contributed by atoms with Crippen LogP contribution in [0.25, 0.3) is 10.9 Å². The molecule has 1 heterocycles. The van der Waals surface area contributed by atoms with Gasteiger partial charge in [-0.15, -0.1) is 0 Å². The SMILES string of the molecule is COc1cc2cnc(Nc3ccccc3O)nc2cc1OC. The van der Waals surface area contributed by atoms with Crippen molar-refractivity contribution in [3.63, 3.8) is 0 Å². The number of para-hydroxylation sites is 2. The van der Waals surface area contributed by atoms with Crippen LogP contribution in [-0.4, -0.2) is 29.3 Å². The Bertz CT molecular complexity index is 821. The summed E-state index contributed by atoms with van der Waals surface area (Å²) in [6.07, 6.45) is 1.69. The number of fused-ring (bicyclic) bond motifs is 1. The summed E-state index contributed by atoms with van der Waals surface area (Å²) >= 11 is 0. The van der Waals surface area contributed by atoms with Crippen LogP contribution in [-0.2, 0) is 0 Å². The summed E-state index contributed by atoms with van der Waals surface area (Å²) in [4.78, 5) is 8.67. The van der Waals surface area contributed by atoms with Gasteiger partial charge in [-0.3, -0.25) is 0 Å². The molecule has 0 bridgehead atoms. The maximum Gasteiger partial charge on any atom is 0.227 e. The zero-order valence-corrected chi connectivity index (χ0v) is 12.2. The molecule has 0 saturated heterocycles. The average molecular weight is 297 g/mol. The molecule has 22 heavy (non-hydrogen) atoms. The van der Waals surface area contributed by atoms with E-state index in [0.29, 0.717) is 28.7 Å². The Morgan fingerprint density at radius 1 is 1.05 bits per heavy atom. The van der Waals surface area contributed by atoms with Gasteiger partial charge in [0.15, 0.2) is 11.5 Å². The normalized spacial score (nSPS) is 10.5. The van der Waals surface area contributed by atoms with Crippen LogP contribution in [0.15, 0.2) is 42.6 Å². The van der Waals surface area contributed by atoms with Crippen LogP contribution in [0.3, 0.4) is 0 Å². The minimum Gasteiger partial charge on any atom is -0.506 e. The molecule has 0 aliphatic rings. The number of nitrogens with zero attached hydrogens (tertiary/aromatic N) is 2. The average Bonchev–Trinajstić information content (AvgIpc) is 2.55. The quantitative estimate of drug-likeness (QED) is 0.721. The number of hydrogen-bond donors (Lipinski definition) is 2. The van der Waals surface area contributed by atoms with Crippen molar-refractivity contribution in [1.29, 1.82) is 0 Å². The van der Waals surface area contributed by atoms with Crippen molar-refractivity contribution < 1.29 is 14.6 Å². The number of anilines is 2. The lowest BCUT2D eigenvalue weighted by Gasteiger charge is -2.10. The smallest absolute Gasteiger partial charge is 0.227 e. The molecule has 0 spiro atoms. The number of nitrogens with one attached hydrogen (secondary N) is 1. The number of phenols is 1. The van der Waals surface area contributed by atoms with Crippen molar-refractivity contribution >= 4 is 22.5 Å². The first-order valence-corrected chi connectivity index (χ1v) is 6.65. The summed E-state index contributed by atoms with van der Waals surface area (Å²) in [6, 6.07) is 10.5. The number of hydrogen-bond acceptors (Lipinski definition) is 6. The minimum atomic E-state index is 0.138. The third kappa shape index (κ3) is 2.58. The lowest BCUT2D eigenvalue weighted by molar-refractivity contribution is 0.356. The summed E-state index contributed by atoms with van der Waals surface area (Å²) in [7, 11) is 3.16. The molecule has 2 aromatic carbocycles. The van der Waals surface area contributed by atoms with Crippen LogP contribution in [0.2, 0.25) is 0 Å². The first kappa shape index (κ1) is 13.9. The van der Waals surface area contributed by atoms with Gasteiger partial charge in [-0.25, -0.2) is 9.97 Å². The Hall–Kier alpha value is -3.02. The van der Waals surface area contributed by atoms with Crippen molar-refractivity contribution in [2.24, 2.45) is 0 Å². The summed E-state index contributed by atoms with van der Waals surface area (Å²) in [5.74, 6) is 1.75. The molecule has 0 amide bonds. The Balaban J connectivity index is 2.00. The molecule has 3 aromatic rings. The second-order valence-electron chi connectivity index (χ2n) is 4.60. The van der Waals surface area contributed by atoms with Gasteiger partial charge >= 0.3 is 0 Å². The van der Waals surface area contributed by atoms with Gasteiger partial charge in [-0.1, -0.05) is 12.1 Å². The molecular formula is C16H15N3O3. The Kier molecular flexibility index (Phi) is 3.65. The van der Waals surface area contributed by atoms with Gasteiger partial charge in [0.25, 0.3) is 0 Å². The fourth-order valence-corrected chi connectivity index (χ4v) is 2.12. The maximum atomic E-state index is 9.78. The molecule has 6 nitrogen and oxygen atoms in total. The van der Waals surface area contributed by atoms with Gasteiger partial charge in [-0.2, -0.15) is 0 Å². The molecule has 6 heteroatoms. The van der Waals surface area contributed by atoms with Crippen LogP contribution in [0.4, 0.5) is 11.6 Å². The third-order valence-corrected chi connectivity index (χ3v) is 3.24. The van der Waals surface area contributed by atoms with Gasteiger partial charge in [0.1, 0.15) is 5.75 Å². The van der Waals surface area contributed by atoms with Crippen LogP contribution in [0.5, 0.6) is 17.2 Å². The summed E-state index contributed by atoms with van der Waals surface area (Å²) in [5.41, 5.74) is 1.26. The Morgan fingerprint density at radius 3 is 2.50 bits per heavy atom. The number of aromatic hydroxyl groups is 1. The van der Waals surface area contributed by atoms with E-state index in [1.54, 1.807) is 44.7 Å². The van der Waals surface area contributed by atoms with Crippen LogP contribution < -0.4 is 14.8 Å². The lowest BCUT2D eigenvalue weighted by atomic mass is 10.2. The Morgan fingerprint density at radius 2 is 1.77 bits per heavy atom. The molecule has 2 N–H and O–H groups in total. The van der Waals surface area contributed by atoms with Crippen molar-refractivity contribution in [2.45, 2.75) is 0 Å². The predicted octanol–water partition coefficient (Wildman–Crippen LogP) is 3.10. The van der Waals surface area contributed by atoms with Gasteiger partial charge in [-0.05, 0) is 18.2 Å². The molecule has 1 aromatic heterocycles. The van der Waals surface area contributed by atoms with E-state index in [2.05, 4.69) is 15.3 Å². The fourth-order valence-electron chi connectivity index (χ4n) is 2.12. The number of rotatable bonds is 4. The van der Waals surface area contributed by atoms with E-state index < -0.39 is 0 Å². The van der Waals surface area contributed by atoms with Crippen LogP contribution in [0, 0.1) is 0 Å². The molecule has 3 rings (SSSR count). The highest BCUT2D eigenvalue weighted by molar-refractivity contribution is 5.83. The van der Waals surface area contributed by atoms with Crippen LogP contribution in [0.1, 0.15) is 0 Å². The molecule has 0 fully saturated rings. The van der Waals surface area contributed by atoms with E-state index >= 15 is 0 Å². The van der Waals surface area contributed by atoms with Gasteiger partial charge in [0, 0.05) is 17.6 Å². The van der Waals surface area contributed by atoms with Crippen molar-refractivity contribution in [3.05, 3.63) is 42.6 Å². The number of phenolic OH excluding ortho intramolecular Hbond substituents is 1. The number of methoxy groups -OCH3 is 2. The summed E-state index contributed by atoms with van der Waals surface area (Å²) < 4.78 is 10.5. The van der Waals surface area contributed by atoms with E-state index in [1.807, 2.05) is 12.1 Å². The molecule has 0 unspecified atom stereocenters. The van der Waals surface area contributed by atoms with Gasteiger partial charge in [0.2, 0.25) is 5.95 Å². The van der Waals surface area contributed by atoms with Crippen LogP contribution >= 0.6 is 0 Å². The minimum absolute atomic E-state index is 0.138. The molecule has 0 atom stereocenters. The van der Waals surface area contributed by atoms with E-state index in [0.717, 1.165) is 5.39 Å². The lowest BCUT2D eigenvalue weighted by Crippen LogP contribution is -1.98. The van der Waals surface area contributed by atoms with E-state index in [1.165, 1.54) is 0 Å². The first-order chi connectivity index (χ1) is 10.7. The molecule has 0 aliphatic carbocycles. The fraction of sp³-hybridized carbons (Fsp3) is 0.125. The van der Waals surface area contributed by atoms with Gasteiger partial charge in [0.05, 0.1) is 25.4 Å². The van der Waals surface area contributed by atoms with Crippen molar-refractivity contribution in [3.8, 4) is 17.2 Å².